The van der Waals surface area contributed by atoms with Crippen LogP contribution in [0, 0.1) is 0 Å². The standard InChI is InChI=1S/C12H12ClN3O/c1-14-8-17-11-6-15-12(16-7-11)9-3-2-4-10(13)5-9/h2-7,14H,8H2,1H3. The lowest BCUT2D eigenvalue weighted by Gasteiger charge is -2.05. The average molecular weight is 250 g/mol. The fraction of sp³-hybridized carbons (Fsp3) is 0.167. The zero-order chi connectivity index (χ0) is 12.1. The minimum absolute atomic E-state index is 0.430. The van der Waals surface area contributed by atoms with Gasteiger partial charge in [-0.05, 0) is 19.2 Å². The van der Waals surface area contributed by atoms with Gasteiger partial charge in [-0.25, -0.2) is 9.97 Å². The molecule has 0 spiro atoms. The van der Waals surface area contributed by atoms with E-state index in [1.54, 1.807) is 19.4 Å². The predicted molar refractivity (Wildman–Crippen MR) is 67.0 cm³/mol. The van der Waals surface area contributed by atoms with Crippen LogP contribution < -0.4 is 10.1 Å². The van der Waals surface area contributed by atoms with Gasteiger partial charge in [0.1, 0.15) is 6.73 Å². The molecule has 0 saturated carbocycles. The first-order valence-electron chi connectivity index (χ1n) is 5.15. The molecular formula is C12H12ClN3O. The third-order valence-corrected chi connectivity index (χ3v) is 2.33. The monoisotopic (exact) mass is 249 g/mol. The quantitative estimate of drug-likeness (QED) is 0.845. The molecule has 1 aromatic carbocycles. The smallest absolute Gasteiger partial charge is 0.159 e. The van der Waals surface area contributed by atoms with Gasteiger partial charge in [0.25, 0.3) is 0 Å². The Morgan fingerprint density at radius 2 is 2.06 bits per heavy atom. The summed E-state index contributed by atoms with van der Waals surface area (Å²) in [6.07, 6.45) is 3.28. The van der Waals surface area contributed by atoms with E-state index in [4.69, 9.17) is 16.3 Å². The average Bonchev–Trinajstić information content (AvgIpc) is 2.37. The van der Waals surface area contributed by atoms with Crippen LogP contribution in [0.15, 0.2) is 36.7 Å². The summed E-state index contributed by atoms with van der Waals surface area (Å²) in [6, 6.07) is 7.42. The molecule has 5 heteroatoms. The summed E-state index contributed by atoms with van der Waals surface area (Å²) in [7, 11) is 1.81. The van der Waals surface area contributed by atoms with Gasteiger partial charge in [-0.3, -0.25) is 5.32 Å². The Hall–Kier alpha value is -1.65. The molecule has 0 amide bonds. The second kappa shape index (κ2) is 5.61. The Morgan fingerprint density at radius 1 is 1.29 bits per heavy atom. The van der Waals surface area contributed by atoms with Gasteiger partial charge in [0, 0.05) is 10.6 Å². The number of benzene rings is 1. The third kappa shape index (κ3) is 3.15. The molecule has 0 atom stereocenters. The number of nitrogens with one attached hydrogen (secondary N) is 1. The van der Waals surface area contributed by atoms with Gasteiger partial charge in [-0.1, -0.05) is 23.7 Å². The van der Waals surface area contributed by atoms with Gasteiger partial charge in [0.15, 0.2) is 11.6 Å². The summed E-state index contributed by atoms with van der Waals surface area (Å²) in [6.45, 7) is 0.430. The summed E-state index contributed by atoms with van der Waals surface area (Å²) in [5.74, 6) is 1.26. The fourth-order valence-corrected chi connectivity index (χ4v) is 1.51. The van der Waals surface area contributed by atoms with Crippen LogP contribution in [0.25, 0.3) is 11.4 Å². The molecule has 1 heterocycles. The maximum absolute atomic E-state index is 5.91. The van der Waals surface area contributed by atoms with Crippen molar-refractivity contribution in [3.63, 3.8) is 0 Å². The maximum atomic E-state index is 5.91. The number of aromatic nitrogens is 2. The Kier molecular flexibility index (Phi) is 3.90. The van der Waals surface area contributed by atoms with E-state index in [1.807, 2.05) is 24.3 Å². The van der Waals surface area contributed by atoms with Crippen molar-refractivity contribution >= 4 is 11.6 Å². The summed E-state index contributed by atoms with van der Waals surface area (Å²) in [5, 5.41) is 3.54. The minimum atomic E-state index is 0.430. The lowest BCUT2D eigenvalue weighted by atomic mass is 10.2. The molecule has 1 N–H and O–H groups in total. The van der Waals surface area contributed by atoms with E-state index in [0.29, 0.717) is 23.3 Å². The molecule has 1 aromatic heterocycles. The normalized spacial score (nSPS) is 10.2. The summed E-state index contributed by atoms with van der Waals surface area (Å²) in [5.41, 5.74) is 0.887. The second-order valence-corrected chi connectivity index (χ2v) is 3.83. The Bertz CT molecular complexity index is 487. The van der Waals surface area contributed by atoms with Crippen molar-refractivity contribution < 1.29 is 4.74 Å². The third-order valence-electron chi connectivity index (χ3n) is 2.09. The van der Waals surface area contributed by atoms with Crippen molar-refractivity contribution in [1.82, 2.24) is 15.3 Å². The van der Waals surface area contributed by atoms with Crippen LogP contribution in [0.4, 0.5) is 0 Å². The fourth-order valence-electron chi connectivity index (χ4n) is 1.32. The van der Waals surface area contributed by atoms with Crippen LogP contribution in [0.5, 0.6) is 5.75 Å². The highest BCUT2D eigenvalue weighted by molar-refractivity contribution is 6.30. The van der Waals surface area contributed by atoms with Crippen molar-refractivity contribution in [3.05, 3.63) is 41.7 Å². The highest BCUT2D eigenvalue weighted by atomic mass is 35.5. The van der Waals surface area contributed by atoms with Crippen molar-refractivity contribution in [2.45, 2.75) is 0 Å². The summed E-state index contributed by atoms with van der Waals surface area (Å²) in [4.78, 5) is 8.44. The molecule has 2 aromatic rings. The van der Waals surface area contributed by atoms with E-state index >= 15 is 0 Å². The Balaban J connectivity index is 2.17. The first-order valence-corrected chi connectivity index (χ1v) is 5.53. The summed E-state index contributed by atoms with van der Waals surface area (Å²) < 4.78 is 5.31. The van der Waals surface area contributed by atoms with Gasteiger partial charge in [0.2, 0.25) is 0 Å². The van der Waals surface area contributed by atoms with Crippen LogP contribution in [-0.2, 0) is 0 Å². The zero-order valence-corrected chi connectivity index (χ0v) is 10.1. The Labute approximate surface area is 105 Å². The highest BCUT2D eigenvalue weighted by Gasteiger charge is 2.02. The van der Waals surface area contributed by atoms with Gasteiger partial charge in [0.05, 0.1) is 12.4 Å². The van der Waals surface area contributed by atoms with Crippen molar-refractivity contribution in [1.29, 1.82) is 0 Å². The molecule has 0 unspecified atom stereocenters. The number of hydrogen-bond acceptors (Lipinski definition) is 4. The van der Waals surface area contributed by atoms with E-state index in [9.17, 15) is 0 Å². The molecule has 0 aliphatic rings. The second-order valence-electron chi connectivity index (χ2n) is 3.39. The van der Waals surface area contributed by atoms with Crippen LogP contribution in [0.3, 0.4) is 0 Å². The predicted octanol–water partition coefficient (Wildman–Crippen LogP) is 2.35. The molecule has 4 nitrogen and oxygen atoms in total. The van der Waals surface area contributed by atoms with Crippen LogP contribution >= 0.6 is 11.6 Å². The first-order chi connectivity index (χ1) is 8.29. The molecule has 0 saturated heterocycles. The highest BCUT2D eigenvalue weighted by Crippen LogP contribution is 2.19. The van der Waals surface area contributed by atoms with Crippen LogP contribution in [0.2, 0.25) is 5.02 Å². The van der Waals surface area contributed by atoms with Gasteiger partial charge in [-0.15, -0.1) is 0 Å². The molecule has 0 bridgehead atoms. The molecule has 0 aliphatic heterocycles. The number of nitrogens with zero attached hydrogens (tertiary/aromatic N) is 2. The first kappa shape index (κ1) is 11.8. The van der Waals surface area contributed by atoms with Crippen molar-refractivity contribution in [3.8, 4) is 17.1 Å². The van der Waals surface area contributed by atoms with Gasteiger partial charge >= 0.3 is 0 Å². The molecule has 88 valence electrons. The number of halogens is 1. The molecule has 0 radical (unpaired) electrons. The van der Waals surface area contributed by atoms with E-state index in [-0.39, 0.29) is 0 Å². The van der Waals surface area contributed by atoms with Gasteiger partial charge in [-0.2, -0.15) is 0 Å². The molecule has 17 heavy (non-hydrogen) atoms. The maximum Gasteiger partial charge on any atom is 0.159 e. The summed E-state index contributed by atoms with van der Waals surface area (Å²) >= 11 is 5.91. The van der Waals surface area contributed by atoms with Crippen molar-refractivity contribution in [2.24, 2.45) is 0 Å². The van der Waals surface area contributed by atoms with Crippen LogP contribution in [0.1, 0.15) is 0 Å². The largest absolute Gasteiger partial charge is 0.475 e. The zero-order valence-electron chi connectivity index (χ0n) is 9.35. The lowest BCUT2D eigenvalue weighted by Crippen LogP contribution is -2.14. The van der Waals surface area contributed by atoms with E-state index < -0.39 is 0 Å². The molecule has 0 fully saturated rings. The lowest BCUT2D eigenvalue weighted by molar-refractivity contribution is 0.294. The minimum Gasteiger partial charge on any atom is -0.475 e. The number of ether oxygens (including phenoxy) is 1. The van der Waals surface area contributed by atoms with E-state index in [0.717, 1.165) is 5.56 Å². The van der Waals surface area contributed by atoms with E-state index in [1.165, 1.54) is 0 Å². The number of rotatable bonds is 4. The van der Waals surface area contributed by atoms with E-state index in [2.05, 4.69) is 15.3 Å². The van der Waals surface area contributed by atoms with Crippen LogP contribution in [-0.4, -0.2) is 23.7 Å². The molecular weight excluding hydrogens is 238 g/mol. The van der Waals surface area contributed by atoms with Crippen molar-refractivity contribution in [2.75, 3.05) is 13.8 Å². The van der Waals surface area contributed by atoms with Gasteiger partial charge < -0.3 is 4.74 Å². The molecule has 2 rings (SSSR count). The SMILES string of the molecule is CNCOc1cnc(-c2cccc(Cl)c2)nc1. The Morgan fingerprint density at radius 3 is 2.71 bits per heavy atom. The number of hydrogen-bond donors (Lipinski definition) is 1. The molecule has 0 aliphatic carbocycles. The topological polar surface area (TPSA) is 47.0 Å².